The Bertz CT molecular complexity index is 1230. The summed E-state index contributed by atoms with van der Waals surface area (Å²) < 4.78 is 1.77. The molecule has 0 N–H and O–H groups in total. The van der Waals surface area contributed by atoms with E-state index in [1.165, 1.54) is 11.1 Å². The molecule has 9 nitrogen and oxygen atoms in total. The Labute approximate surface area is 205 Å². The van der Waals surface area contributed by atoms with Crippen molar-refractivity contribution in [3.8, 4) is 5.69 Å². The van der Waals surface area contributed by atoms with Gasteiger partial charge < -0.3 is 9.80 Å². The zero-order valence-electron chi connectivity index (χ0n) is 20.5. The summed E-state index contributed by atoms with van der Waals surface area (Å²) in [6.07, 6.45) is 0.275. The summed E-state index contributed by atoms with van der Waals surface area (Å²) in [6.45, 7) is 9.98. The number of benzene rings is 2. The van der Waals surface area contributed by atoms with Crippen LogP contribution < -0.4 is 4.90 Å². The van der Waals surface area contributed by atoms with Gasteiger partial charge in [0.25, 0.3) is 0 Å². The number of aromatic nitrogens is 4. The lowest BCUT2D eigenvalue weighted by atomic mass is 10.1. The Hall–Kier alpha value is -3.59. The number of piperazine rings is 1. The van der Waals surface area contributed by atoms with Gasteiger partial charge in [0, 0.05) is 44.8 Å². The lowest BCUT2D eigenvalue weighted by Gasteiger charge is -2.35. The topological polar surface area (TPSA) is 87.5 Å². The minimum absolute atomic E-state index is 0.0215. The average molecular weight is 474 g/mol. The molecule has 5 rings (SSSR count). The van der Waals surface area contributed by atoms with E-state index in [2.05, 4.69) is 27.3 Å². The van der Waals surface area contributed by atoms with Crippen molar-refractivity contribution in [3.05, 3.63) is 65.0 Å². The van der Waals surface area contributed by atoms with Gasteiger partial charge in [-0.3, -0.25) is 14.5 Å². The minimum atomic E-state index is -0.288. The first-order chi connectivity index (χ1) is 16.9. The number of anilines is 1. The van der Waals surface area contributed by atoms with Crippen molar-refractivity contribution < 1.29 is 9.59 Å². The van der Waals surface area contributed by atoms with Crippen LogP contribution in [-0.2, 0) is 16.1 Å². The minimum Gasteiger partial charge on any atom is -0.340 e. The summed E-state index contributed by atoms with van der Waals surface area (Å²) in [5.41, 5.74) is 5.34. The second kappa shape index (κ2) is 9.58. The number of aryl methyl sites for hydroxylation is 3. The Balaban J connectivity index is 1.17. The maximum Gasteiger partial charge on any atom is 0.228 e. The molecule has 2 aliphatic rings. The number of hydrogen-bond donors (Lipinski definition) is 0. The molecule has 0 bridgehead atoms. The number of hydrogen-bond acceptors (Lipinski definition) is 6. The van der Waals surface area contributed by atoms with Crippen molar-refractivity contribution in [1.29, 1.82) is 0 Å². The van der Waals surface area contributed by atoms with Gasteiger partial charge in [-0.25, -0.2) is 0 Å². The normalized spacial score (nSPS) is 18.9. The molecule has 1 unspecified atom stereocenters. The lowest BCUT2D eigenvalue weighted by Crippen LogP contribution is -2.50. The standard InChI is InChI=1S/C26H31N7O2/c1-18-4-7-22(8-5-18)33-24(27-28-29-33)17-30-10-12-31(13-11-30)26(35)21-15-25(34)32(16-21)23-9-6-19(2)20(3)14-23/h4-9,14,21H,10-13,15-17H2,1-3H3. The molecule has 1 aromatic heterocycles. The smallest absolute Gasteiger partial charge is 0.228 e. The van der Waals surface area contributed by atoms with Gasteiger partial charge in [-0.1, -0.05) is 23.8 Å². The maximum atomic E-state index is 13.2. The molecule has 2 aliphatic heterocycles. The third kappa shape index (κ3) is 4.81. The van der Waals surface area contributed by atoms with Gasteiger partial charge in [-0.15, -0.1) is 5.10 Å². The quantitative estimate of drug-likeness (QED) is 0.565. The van der Waals surface area contributed by atoms with Crippen LogP contribution in [0.15, 0.2) is 42.5 Å². The molecular formula is C26H31N7O2. The third-order valence-corrected chi connectivity index (χ3v) is 7.14. The number of carbonyl (C=O) groups excluding carboxylic acids is 2. The van der Waals surface area contributed by atoms with Crippen LogP contribution in [0.2, 0.25) is 0 Å². The van der Waals surface area contributed by atoms with Gasteiger partial charge in [0.15, 0.2) is 5.82 Å². The molecule has 3 aromatic rings. The Morgan fingerprint density at radius 2 is 1.66 bits per heavy atom. The molecule has 1 atom stereocenters. The molecule has 35 heavy (non-hydrogen) atoms. The average Bonchev–Trinajstić information content (AvgIpc) is 3.48. The van der Waals surface area contributed by atoms with E-state index < -0.39 is 0 Å². The Morgan fingerprint density at radius 3 is 2.37 bits per heavy atom. The van der Waals surface area contributed by atoms with Gasteiger partial charge in [0.2, 0.25) is 11.8 Å². The highest BCUT2D eigenvalue weighted by atomic mass is 16.2. The van der Waals surface area contributed by atoms with Crippen molar-refractivity contribution in [2.24, 2.45) is 5.92 Å². The SMILES string of the molecule is Cc1ccc(-n2nnnc2CN2CCN(C(=O)C3CC(=O)N(c4ccc(C)c(C)c4)C3)CC2)cc1. The zero-order chi connectivity index (χ0) is 24.5. The summed E-state index contributed by atoms with van der Waals surface area (Å²) in [5, 5.41) is 12.2. The van der Waals surface area contributed by atoms with Gasteiger partial charge >= 0.3 is 0 Å². The highest BCUT2D eigenvalue weighted by Gasteiger charge is 2.38. The molecule has 2 saturated heterocycles. The van der Waals surface area contributed by atoms with Gasteiger partial charge in [-0.2, -0.15) is 4.68 Å². The van der Waals surface area contributed by atoms with E-state index in [4.69, 9.17) is 0 Å². The lowest BCUT2D eigenvalue weighted by molar-refractivity contribution is -0.137. The molecule has 3 heterocycles. The van der Waals surface area contributed by atoms with E-state index in [1.54, 1.807) is 9.58 Å². The van der Waals surface area contributed by atoms with E-state index in [9.17, 15) is 9.59 Å². The van der Waals surface area contributed by atoms with Crippen LogP contribution >= 0.6 is 0 Å². The fourth-order valence-electron chi connectivity index (χ4n) is 4.79. The molecule has 0 spiro atoms. The van der Waals surface area contributed by atoms with Crippen LogP contribution in [0.5, 0.6) is 0 Å². The molecule has 9 heteroatoms. The van der Waals surface area contributed by atoms with Crippen LogP contribution in [0.25, 0.3) is 5.69 Å². The number of amides is 2. The van der Waals surface area contributed by atoms with E-state index in [0.717, 1.165) is 35.9 Å². The van der Waals surface area contributed by atoms with Gasteiger partial charge in [0.05, 0.1) is 18.2 Å². The van der Waals surface area contributed by atoms with Crippen LogP contribution in [-0.4, -0.2) is 74.5 Å². The molecular weight excluding hydrogens is 442 g/mol. The van der Waals surface area contributed by atoms with Crippen molar-refractivity contribution in [2.45, 2.75) is 33.7 Å². The predicted octanol–water partition coefficient (Wildman–Crippen LogP) is 2.28. The second-order valence-corrected chi connectivity index (χ2v) is 9.62. The third-order valence-electron chi connectivity index (χ3n) is 7.14. The Kier molecular flexibility index (Phi) is 6.34. The first-order valence-electron chi connectivity index (χ1n) is 12.1. The van der Waals surface area contributed by atoms with E-state index >= 15 is 0 Å². The summed E-state index contributed by atoms with van der Waals surface area (Å²) in [7, 11) is 0. The van der Waals surface area contributed by atoms with Crippen molar-refractivity contribution in [2.75, 3.05) is 37.6 Å². The zero-order valence-corrected chi connectivity index (χ0v) is 20.5. The first-order valence-corrected chi connectivity index (χ1v) is 12.1. The number of nitrogens with zero attached hydrogens (tertiary/aromatic N) is 7. The number of carbonyl (C=O) groups is 2. The summed E-state index contributed by atoms with van der Waals surface area (Å²) in [6, 6.07) is 14.1. The number of tetrazole rings is 1. The number of rotatable bonds is 5. The first kappa shape index (κ1) is 23.2. The molecule has 0 aliphatic carbocycles. The predicted molar refractivity (Wildman–Crippen MR) is 132 cm³/mol. The fraction of sp³-hybridized carbons (Fsp3) is 0.423. The molecule has 2 amide bonds. The van der Waals surface area contributed by atoms with Crippen molar-refractivity contribution in [1.82, 2.24) is 30.0 Å². The van der Waals surface area contributed by atoms with E-state index in [1.807, 2.05) is 61.2 Å². The van der Waals surface area contributed by atoms with Crippen LogP contribution in [0.4, 0.5) is 5.69 Å². The second-order valence-electron chi connectivity index (χ2n) is 9.62. The monoisotopic (exact) mass is 473 g/mol. The largest absolute Gasteiger partial charge is 0.340 e. The molecule has 0 radical (unpaired) electrons. The molecule has 182 valence electrons. The molecule has 2 aromatic carbocycles. The summed E-state index contributed by atoms with van der Waals surface area (Å²) >= 11 is 0. The van der Waals surface area contributed by atoms with E-state index in [0.29, 0.717) is 26.2 Å². The molecule has 2 fully saturated rings. The highest BCUT2D eigenvalue weighted by molar-refractivity contribution is 6.00. The van der Waals surface area contributed by atoms with Crippen molar-refractivity contribution >= 4 is 17.5 Å². The van der Waals surface area contributed by atoms with Crippen molar-refractivity contribution in [3.63, 3.8) is 0 Å². The van der Waals surface area contributed by atoms with Gasteiger partial charge in [0.1, 0.15) is 0 Å². The van der Waals surface area contributed by atoms with Crippen LogP contribution in [0.1, 0.15) is 28.9 Å². The summed E-state index contributed by atoms with van der Waals surface area (Å²) in [4.78, 5) is 31.8. The maximum absolute atomic E-state index is 13.2. The summed E-state index contributed by atoms with van der Waals surface area (Å²) in [5.74, 6) is 0.588. The van der Waals surface area contributed by atoms with Crippen LogP contribution in [0.3, 0.4) is 0 Å². The van der Waals surface area contributed by atoms with Crippen LogP contribution in [0, 0.1) is 26.7 Å². The fourth-order valence-corrected chi connectivity index (χ4v) is 4.79. The Morgan fingerprint density at radius 1 is 0.943 bits per heavy atom. The van der Waals surface area contributed by atoms with Gasteiger partial charge in [-0.05, 0) is 66.6 Å². The molecule has 0 saturated carbocycles. The van der Waals surface area contributed by atoms with E-state index in [-0.39, 0.29) is 24.2 Å². The highest BCUT2D eigenvalue weighted by Crippen LogP contribution is 2.28.